The highest BCUT2D eigenvalue weighted by Crippen LogP contribution is 2.68. The molecule has 4 aliphatic carbocycles. The van der Waals surface area contributed by atoms with Crippen molar-refractivity contribution in [2.45, 2.75) is 83.8 Å². The van der Waals surface area contributed by atoms with Crippen LogP contribution < -0.4 is 0 Å². The van der Waals surface area contributed by atoms with Crippen LogP contribution in [0, 0.1) is 28.6 Å². The summed E-state index contributed by atoms with van der Waals surface area (Å²) >= 11 is 0. The number of carbonyl (C=O) groups is 2. The van der Waals surface area contributed by atoms with Crippen molar-refractivity contribution in [3.05, 3.63) is 11.6 Å². The molecule has 0 radical (unpaired) electrons. The molecule has 0 bridgehead atoms. The van der Waals surface area contributed by atoms with E-state index in [-0.39, 0.29) is 17.8 Å². The molecule has 7 atom stereocenters. The summed E-state index contributed by atoms with van der Waals surface area (Å²) in [4.78, 5) is 24.4. The van der Waals surface area contributed by atoms with Crippen molar-refractivity contribution in [2.24, 2.45) is 28.6 Å². The number of rotatable bonds is 4. The van der Waals surface area contributed by atoms with E-state index in [1.165, 1.54) is 5.57 Å². The maximum absolute atomic E-state index is 12.4. The molecule has 5 heteroatoms. The molecule has 3 fully saturated rings. The number of aliphatic carboxylic acids is 1. The van der Waals surface area contributed by atoms with Crippen LogP contribution in [0.3, 0.4) is 0 Å². The van der Waals surface area contributed by atoms with Gasteiger partial charge in [0.25, 0.3) is 0 Å². The van der Waals surface area contributed by atoms with Crippen LogP contribution in [0.5, 0.6) is 0 Å². The topological polar surface area (TPSA) is 83.8 Å². The van der Waals surface area contributed by atoms with Gasteiger partial charge in [-0.15, -0.1) is 0 Å². The number of hydrogen-bond acceptors (Lipinski definition) is 4. The lowest BCUT2D eigenvalue weighted by Crippen LogP contribution is -2.59. The van der Waals surface area contributed by atoms with Crippen LogP contribution in [0.15, 0.2) is 11.6 Å². The van der Waals surface area contributed by atoms with Crippen molar-refractivity contribution in [3.8, 4) is 0 Å². The van der Waals surface area contributed by atoms with Crippen LogP contribution in [-0.2, 0) is 14.3 Å². The van der Waals surface area contributed by atoms with Crippen molar-refractivity contribution in [3.63, 3.8) is 0 Å². The number of aliphatic hydroxyl groups excluding tert-OH is 1. The molecule has 0 aromatic heterocycles. The lowest BCUT2D eigenvalue weighted by atomic mass is 9.46. The average molecular weight is 391 g/mol. The van der Waals surface area contributed by atoms with Crippen molar-refractivity contribution in [1.29, 1.82) is 0 Å². The van der Waals surface area contributed by atoms with E-state index in [2.05, 4.69) is 13.8 Å². The minimum Gasteiger partial charge on any atom is -0.479 e. The Bertz CT molecular complexity index is 712. The Balaban J connectivity index is 1.66. The number of fused-ring (bicyclic) bond motifs is 5. The maximum atomic E-state index is 12.4. The molecule has 0 aliphatic heterocycles. The standard InChI is InChI=1S/C23H34O5/c1-14(24)13-28-23(20(26)27)11-8-19-17-5-4-15-12-16(25)6-9-21(15,2)18(17)7-10-22(19,23)3/h12,14,17-19,24H,4-11,13H2,1-3H3,(H,26,27)/t14?,17-,18+,19+,21+,22+,23+/m1/s1. The second-order valence-corrected chi connectivity index (χ2v) is 10.3. The van der Waals surface area contributed by atoms with Gasteiger partial charge in [0.05, 0.1) is 12.7 Å². The number of ketones is 1. The van der Waals surface area contributed by atoms with Crippen LogP contribution >= 0.6 is 0 Å². The molecule has 4 rings (SSSR count). The monoisotopic (exact) mass is 390 g/mol. The van der Waals surface area contributed by atoms with Gasteiger partial charge in [0.15, 0.2) is 11.4 Å². The molecule has 0 heterocycles. The van der Waals surface area contributed by atoms with Crippen molar-refractivity contribution in [1.82, 2.24) is 0 Å². The van der Waals surface area contributed by atoms with Crippen LogP contribution in [0.2, 0.25) is 0 Å². The van der Waals surface area contributed by atoms with E-state index in [9.17, 15) is 19.8 Å². The quantitative estimate of drug-likeness (QED) is 0.764. The SMILES string of the molecule is CC(O)CO[C@]1(C(=O)O)CC[C@H]2[C@@H]3CCC4=CC(=O)CC[C@]4(C)[C@H]3CC[C@@]21C. The molecule has 156 valence electrons. The van der Waals surface area contributed by atoms with Gasteiger partial charge in [-0.2, -0.15) is 0 Å². The molecule has 4 aliphatic rings. The van der Waals surface area contributed by atoms with Crippen LogP contribution in [0.1, 0.15) is 72.1 Å². The lowest BCUT2D eigenvalue weighted by Gasteiger charge is -2.59. The molecule has 0 spiro atoms. The summed E-state index contributed by atoms with van der Waals surface area (Å²) in [6.45, 7) is 6.17. The summed E-state index contributed by atoms with van der Waals surface area (Å²) in [7, 11) is 0. The van der Waals surface area contributed by atoms with Gasteiger partial charge in [0.2, 0.25) is 0 Å². The number of carboxylic acid groups (broad SMARTS) is 1. The van der Waals surface area contributed by atoms with Gasteiger partial charge in [-0.3, -0.25) is 4.79 Å². The fourth-order valence-corrected chi connectivity index (χ4v) is 7.47. The molecule has 5 nitrogen and oxygen atoms in total. The predicted octanol–water partition coefficient (Wildman–Crippen LogP) is 3.74. The third-order valence-electron chi connectivity index (χ3n) is 9.00. The first-order chi connectivity index (χ1) is 13.1. The number of carboxylic acids is 1. The Morgan fingerprint density at radius 2 is 1.89 bits per heavy atom. The van der Waals surface area contributed by atoms with Gasteiger partial charge in [-0.05, 0) is 81.1 Å². The first-order valence-corrected chi connectivity index (χ1v) is 10.9. The van der Waals surface area contributed by atoms with E-state index in [0.717, 1.165) is 38.5 Å². The van der Waals surface area contributed by atoms with E-state index in [4.69, 9.17) is 4.74 Å². The molecule has 0 amide bonds. The molecule has 28 heavy (non-hydrogen) atoms. The molecule has 2 N–H and O–H groups in total. The Morgan fingerprint density at radius 3 is 2.57 bits per heavy atom. The molecule has 3 saturated carbocycles. The van der Waals surface area contributed by atoms with Gasteiger partial charge in [0, 0.05) is 11.8 Å². The largest absolute Gasteiger partial charge is 0.479 e. The molecular formula is C23H34O5. The van der Waals surface area contributed by atoms with Gasteiger partial charge < -0.3 is 14.9 Å². The minimum atomic E-state index is -1.20. The Morgan fingerprint density at radius 1 is 1.18 bits per heavy atom. The van der Waals surface area contributed by atoms with E-state index < -0.39 is 23.1 Å². The molecular weight excluding hydrogens is 356 g/mol. The van der Waals surface area contributed by atoms with Crippen molar-refractivity contribution >= 4 is 11.8 Å². The highest BCUT2D eigenvalue weighted by molar-refractivity contribution is 5.91. The zero-order valence-electron chi connectivity index (χ0n) is 17.4. The summed E-state index contributed by atoms with van der Waals surface area (Å²) in [5, 5.41) is 19.9. The molecule has 0 aromatic rings. The summed E-state index contributed by atoms with van der Waals surface area (Å²) in [6, 6.07) is 0. The van der Waals surface area contributed by atoms with Crippen LogP contribution in [-0.4, -0.2) is 40.3 Å². The summed E-state index contributed by atoms with van der Waals surface area (Å²) in [5.41, 5.74) is -0.176. The van der Waals surface area contributed by atoms with Gasteiger partial charge in [0.1, 0.15) is 0 Å². The third-order valence-corrected chi connectivity index (χ3v) is 9.00. The summed E-state index contributed by atoms with van der Waals surface area (Å²) < 4.78 is 6.01. The van der Waals surface area contributed by atoms with E-state index >= 15 is 0 Å². The van der Waals surface area contributed by atoms with E-state index in [1.807, 2.05) is 6.08 Å². The Labute approximate surface area is 167 Å². The molecule has 0 saturated heterocycles. The lowest BCUT2D eigenvalue weighted by molar-refractivity contribution is -0.200. The van der Waals surface area contributed by atoms with Gasteiger partial charge in [-0.1, -0.05) is 19.4 Å². The second-order valence-electron chi connectivity index (χ2n) is 10.3. The van der Waals surface area contributed by atoms with Gasteiger partial charge >= 0.3 is 5.97 Å². The first kappa shape index (κ1) is 20.1. The minimum absolute atomic E-state index is 0.0649. The van der Waals surface area contributed by atoms with Crippen molar-refractivity contribution < 1.29 is 24.5 Å². The average Bonchev–Trinajstić information content (AvgIpc) is 2.94. The number of aliphatic hydroxyl groups is 1. The van der Waals surface area contributed by atoms with Crippen molar-refractivity contribution in [2.75, 3.05) is 6.61 Å². The van der Waals surface area contributed by atoms with Gasteiger partial charge in [-0.25, -0.2) is 4.79 Å². The summed E-state index contributed by atoms with van der Waals surface area (Å²) in [5.74, 6) is 0.740. The Hall–Kier alpha value is -1.20. The maximum Gasteiger partial charge on any atom is 0.336 e. The second kappa shape index (κ2) is 6.66. The number of carbonyl (C=O) groups excluding carboxylic acids is 1. The highest BCUT2D eigenvalue weighted by atomic mass is 16.5. The zero-order valence-corrected chi connectivity index (χ0v) is 17.4. The first-order valence-electron chi connectivity index (χ1n) is 10.9. The molecule has 0 aromatic carbocycles. The Kier molecular flexibility index (Phi) is 4.78. The zero-order chi connectivity index (χ0) is 20.3. The predicted molar refractivity (Wildman–Crippen MR) is 105 cm³/mol. The van der Waals surface area contributed by atoms with Crippen LogP contribution in [0.4, 0.5) is 0 Å². The van der Waals surface area contributed by atoms with Crippen LogP contribution in [0.25, 0.3) is 0 Å². The number of allylic oxidation sites excluding steroid dienone is 1. The smallest absolute Gasteiger partial charge is 0.336 e. The number of hydrogen-bond donors (Lipinski definition) is 2. The number of ether oxygens (including phenoxy) is 1. The molecule has 1 unspecified atom stereocenters. The summed E-state index contributed by atoms with van der Waals surface area (Å²) in [6.07, 6.45) is 8.05. The fourth-order valence-electron chi connectivity index (χ4n) is 7.47. The normalized spacial score (nSPS) is 46.2. The third kappa shape index (κ3) is 2.65. The highest BCUT2D eigenvalue weighted by Gasteiger charge is 2.68. The van der Waals surface area contributed by atoms with E-state index in [0.29, 0.717) is 30.6 Å². The van der Waals surface area contributed by atoms with E-state index in [1.54, 1.807) is 6.92 Å². The fraction of sp³-hybridized carbons (Fsp3) is 0.826.